The maximum atomic E-state index is 6.31. The summed E-state index contributed by atoms with van der Waals surface area (Å²) in [4.78, 5) is 0. The Hall–Kier alpha value is -1.000. The van der Waals surface area contributed by atoms with Crippen LogP contribution in [0.25, 0.3) is 11.3 Å². The maximum absolute atomic E-state index is 6.31. The molecule has 2 rings (SSSR count). The first-order valence-corrected chi connectivity index (χ1v) is 6.95. The summed E-state index contributed by atoms with van der Waals surface area (Å²) in [5, 5.41) is 7.75. The number of aromatic nitrogens is 2. The lowest BCUT2D eigenvalue weighted by atomic mass is 9.99. The molecule has 0 atom stereocenters. The van der Waals surface area contributed by atoms with E-state index in [9.17, 15) is 0 Å². The quantitative estimate of drug-likeness (QED) is 0.884. The number of nitrogen functional groups attached to an aromatic ring is 1. The van der Waals surface area contributed by atoms with Gasteiger partial charge in [-0.15, -0.1) is 0 Å². The number of rotatable bonds is 3. The Balaban J connectivity index is 2.54. The minimum absolute atomic E-state index is 0.509. The molecule has 0 unspecified atom stereocenters. The molecule has 3 nitrogen and oxygen atoms in total. The lowest BCUT2D eigenvalue weighted by Gasteiger charge is -2.09. The van der Waals surface area contributed by atoms with Gasteiger partial charge >= 0.3 is 0 Å². The van der Waals surface area contributed by atoms with Gasteiger partial charge < -0.3 is 5.73 Å². The first-order chi connectivity index (χ1) is 8.50. The molecule has 1 aromatic carbocycles. The molecule has 0 saturated heterocycles. The number of nitrogens with zero attached hydrogens (tertiary/aromatic N) is 1. The molecule has 2 aromatic rings. The second-order valence-corrected chi connectivity index (χ2v) is 5.89. The van der Waals surface area contributed by atoms with E-state index in [4.69, 9.17) is 17.3 Å². The molecular formula is C13H15BrClN3. The highest BCUT2D eigenvalue weighted by atomic mass is 79.9. The van der Waals surface area contributed by atoms with Crippen LogP contribution in [0, 0.1) is 5.92 Å². The minimum Gasteiger partial charge on any atom is -0.382 e. The third kappa shape index (κ3) is 2.54. The zero-order chi connectivity index (χ0) is 13.3. The zero-order valence-corrected chi connectivity index (χ0v) is 12.6. The van der Waals surface area contributed by atoms with Crippen LogP contribution in [0.4, 0.5) is 5.82 Å². The predicted molar refractivity (Wildman–Crippen MR) is 79.7 cm³/mol. The maximum Gasteiger partial charge on any atom is 0.149 e. The van der Waals surface area contributed by atoms with Gasteiger partial charge in [0.1, 0.15) is 5.82 Å². The van der Waals surface area contributed by atoms with E-state index in [1.165, 1.54) is 0 Å². The summed E-state index contributed by atoms with van der Waals surface area (Å²) in [6.07, 6.45) is 0.876. The fourth-order valence-corrected chi connectivity index (χ4v) is 2.50. The summed E-state index contributed by atoms with van der Waals surface area (Å²) in [5.41, 5.74) is 8.78. The van der Waals surface area contributed by atoms with E-state index in [-0.39, 0.29) is 0 Å². The van der Waals surface area contributed by atoms with Crippen molar-refractivity contribution >= 4 is 33.3 Å². The summed E-state index contributed by atoms with van der Waals surface area (Å²) in [7, 11) is 0. The van der Waals surface area contributed by atoms with Gasteiger partial charge in [-0.25, -0.2) is 0 Å². The van der Waals surface area contributed by atoms with Gasteiger partial charge in [-0.3, -0.25) is 5.10 Å². The van der Waals surface area contributed by atoms with Crippen molar-refractivity contribution in [3.63, 3.8) is 0 Å². The van der Waals surface area contributed by atoms with Gasteiger partial charge in [-0.1, -0.05) is 37.6 Å². The number of anilines is 1. The lowest BCUT2D eigenvalue weighted by Crippen LogP contribution is -1.99. The highest BCUT2D eigenvalue weighted by Gasteiger charge is 2.16. The monoisotopic (exact) mass is 327 g/mol. The number of hydrogen-bond donors (Lipinski definition) is 2. The summed E-state index contributed by atoms with van der Waals surface area (Å²) in [6, 6.07) is 5.82. The molecule has 0 aliphatic heterocycles. The number of nitrogens with two attached hydrogens (primary N) is 1. The number of aromatic amines is 1. The van der Waals surface area contributed by atoms with Crippen molar-refractivity contribution in [1.82, 2.24) is 10.2 Å². The summed E-state index contributed by atoms with van der Waals surface area (Å²) in [6.45, 7) is 4.30. The van der Waals surface area contributed by atoms with Crippen LogP contribution in [0.1, 0.15) is 19.4 Å². The third-order valence-electron chi connectivity index (χ3n) is 2.73. The Morgan fingerprint density at radius 3 is 2.83 bits per heavy atom. The van der Waals surface area contributed by atoms with Crippen LogP contribution >= 0.6 is 27.5 Å². The number of hydrogen-bond acceptors (Lipinski definition) is 2. The van der Waals surface area contributed by atoms with E-state index in [0.29, 0.717) is 16.8 Å². The standard InChI is InChI=1S/C13H15BrClN3/c1-7(2)6-9-12(17-18-13(9)16)8-4-3-5-10(14)11(8)15/h3-5,7H,6H2,1-2H3,(H3,16,17,18). The van der Waals surface area contributed by atoms with Gasteiger partial charge in [0.2, 0.25) is 0 Å². The normalized spacial score (nSPS) is 11.2. The molecule has 0 bridgehead atoms. The van der Waals surface area contributed by atoms with Crippen molar-refractivity contribution in [2.24, 2.45) is 5.92 Å². The summed E-state index contributed by atoms with van der Waals surface area (Å²) >= 11 is 9.74. The molecule has 0 amide bonds. The molecule has 0 aliphatic rings. The molecule has 3 N–H and O–H groups in total. The zero-order valence-electron chi connectivity index (χ0n) is 10.3. The largest absolute Gasteiger partial charge is 0.382 e. The van der Waals surface area contributed by atoms with E-state index in [0.717, 1.165) is 27.7 Å². The number of benzene rings is 1. The van der Waals surface area contributed by atoms with Gasteiger partial charge in [0.15, 0.2) is 0 Å². The Morgan fingerprint density at radius 1 is 1.44 bits per heavy atom. The first kappa shape index (κ1) is 13.4. The highest BCUT2D eigenvalue weighted by molar-refractivity contribution is 9.10. The highest BCUT2D eigenvalue weighted by Crippen LogP contribution is 2.36. The molecule has 96 valence electrons. The molecule has 1 heterocycles. The molecule has 5 heteroatoms. The molecule has 0 aliphatic carbocycles. The van der Waals surface area contributed by atoms with E-state index < -0.39 is 0 Å². The van der Waals surface area contributed by atoms with Crippen LogP contribution in [-0.2, 0) is 6.42 Å². The lowest BCUT2D eigenvalue weighted by molar-refractivity contribution is 0.649. The van der Waals surface area contributed by atoms with Gasteiger partial charge in [-0.05, 0) is 34.3 Å². The van der Waals surface area contributed by atoms with Gasteiger partial charge in [0.25, 0.3) is 0 Å². The fourth-order valence-electron chi connectivity index (χ4n) is 1.91. The fraction of sp³-hybridized carbons (Fsp3) is 0.308. The SMILES string of the molecule is CC(C)Cc1c(N)n[nH]c1-c1cccc(Br)c1Cl. The number of halogens is 2. The van der Waals surface area contributed by atoms with Crippen LogP contribution in [0.5, 0.6) is 0 Å². The van der Waals surface area contributed by atoms with Crippen molar-refractivity contribution in [2.45, 2.75) is 20.3 Å². The average molecular weight is 329 g/mol. The van der Waals surface area contributed by atoms with Crippen molar-refractivity contribution < 1.29 is 0 Å². The van der Waals surface area contributed by atoms with Gasteiger partial charge in [-0.2, -0.15) is 5.10 Å². The van der Waals surface area contributed by atoms with E-state index in [1.54, 1.807) is 0 Å². The molecule has 0 fully saturated rings. The number of H-pyrrole nitrogens is 1. The Labute approximate surface area is 120 Å². The molecule has 1 aromatic heterocycles. The van der Waals surface area contributed by atoms with Gasteiger partial charge in [0, 0.05) is 15.6 Å². The van der Waals surface area contributed by atoms with E-state index >= 15 is 0 Å². The molecule has 18 heavy (non-hydrogen) atoms. The Kier molecular flexibility index (Phi) is 3.97. The number of nitrogens with one attached hydrogen (secondary N) is 1. The van der Waals surface area contributed by atoms with E-state index in [1.807, 2.05) is 18.2 Å². The average Bonchev–Trinajstić information content (AvgIpc) is 2.64. The van der Waals surface area contributed by atoms with Crippen molar-refractivity contribution in [1.29, 1.82) is 0 Å². The minimum atomic E-state index is 0.509. The smallest absolute Gasteiger partial charge is 0.149 e. The van der Waals surface area contributed by atoms with Gasteiger partial charge in [0.05, 0.1) is 10.7 Å². The summed E-state index contributed by atoms with van der Waals surface area (Å²) in [5.74, 6) is 1.06. The van der Waals surface area contributed by atoms with Crippen molar-refractivity contribution in [3.8, 4) is 11.3 Å². The van der Waals surface area contributed by atoms with Crippen LogP contribution < -0.4 is 5.73 Å². The van der Waals surface area contributed by atoms with Crippen molar-refractivity contribution in [2.75, 3.05) is 5.73 Å². The first-order valence-electron chi connectivity index (χ1n) is 5.77. The Morgan fingerprint density at radius 2 is 2.17 bits per heavy atom. The topological polar surface area (TPSA) is 54.7 Å². The van der Waals surface area contributed by atoms with E-state index in [2.05, 4.69) is 40.0 Å². The van der Waals surface area contributed by atoms with Crippen LogP contribution in [0.3, 0.4) is 0 Å². The summed E-state index contributed by atoms with van der Waals surface area (Å²) < 4.78 is 0.866. The van der Waals surface area contributed by atoms with Crippen LogP contribution in [0.15, 0.2) is 22.7 Å². The molecule has 0 radical (unpaired) electrons. The van der Waals surface area contributed by atoms with Crippen LogP contribution in [-0.4, -0.2) is 10.2 Å². The third-order valence-corrected chi connectivity index (χ3v) is 4.03. The Bertz CT molecular complexity index is 563. The molecule has 0 spiro atoms. The molecule has 0 saturated carbocycles. The second-order valence-electron chi connectivity index (χ2n) is 4.66. The predicted octanol–water partition coefficient (Wildman–Crippen LogP) is 4.27. The van der Waals surface area contributed by atoms with Crippen molar-refractivity contribution in [3.05, 3.63) is 33.3 Å². The second kappa shape index (κ2) is 5.33. The molecular weight excluding hydrogens is 314 g/mol. The van der Waals surface area contributed by atoms with Crippen LogP contribution in [0.2, 0.25) is 5.02 Å².